The second-order valence-corrected chi connectivity index (χ2v) is 6.68. The van der Waals surface area contributed by atoms with Gasteiger partial charge in [-0.15, -0.1) is 0 Å². The van der Waals surface area contributed by atoms with Gasteiger partial charge < -0.3 is 9.88 Å². The standard InChI is InChI=1S/C12H22N2O2S/c1-3-7-14-8-5-12(11-14)10-13-6-4-9-17(2,15)16/h5,8,11,13H,3-4,6-7,9-10H2,1-2H3. The van der Waals surface area contributed by atoms with E-state index in [0.29, 0.717) is 6.42 Å². The van der Waals surface area contributed by atoms with Crippen LogP contribution in [-0.2, 0) is 22.9 Å². The average molecular weight is 258 g/mol. The van der Waals surface area contributed by atoms with Crippen molar-refractivity contribution in [2.24, 2.45) is 0 Å². The van der Waals surface area contributed by atoms with Gasteiger partial charge in [-0.1, -0.05) is 6.92 Å². The highest BCUT2D eigenvalue weighted by Crippen LogP contribution is 2.01. The van der Waals surface area contributed by atoms with E-state index in [4.69, 9.17) is 0 Å². The summed E-state index contributed by atoms with van der Waals surface area (Å²) in [4.78, 5) is 0. The molecule has 1 heterocycles. The lowest BCUT2D eigenvalue weighted by Gasteiger charge is -2.02. The van der Waals surface area contributed by atoms with Gasteiger partial charge in [0.15, 0.2) is 0 Å². The average Bonchev–Trinajstić information content (AvgIpc) is 2.64. The first-order valence-corrected chi connectivity index (χ1v) is 8.10. The SMILES string of the molecule is CCCn1ccc(CNCCCS(C)(=O)=O)c1. The molecule has 0 atom stereocenters. The smallest absolute Gasteiger partial charge is 0.147 e. The summed E-state index contributed by atoms with van der Waals surface area (Å²) in [6.45, 7) is 4.75. The lowest BCUT2D eigenvalue weighted by molar-refractivity contribution is 0.594. The van der Waals surface area contributed by atoms with E-state index in [1.165, 1.54) is 11.8 Å². The van der Waals surface area contributed by atoms with Gasteiger partial charge in [0.2, 0.25) is 0 Å². The Labute approximate surface area is 104 Å². The predicted octanol–water partition coefficient (Wildman–Crippen LogP) is 1.42. The molecule has 5 heteroatoms. The zero-order valence-corrected chi connectivity index (χ0v) is 11.5. The first kappa shape index (κ1) is 14.3. The van der Waals surface area contributed by atoms with Crippen molar-refractivity contribution in [2.75, 3.05) is 18.6 Å². The zero-order chi connectivity index (χ0) is 12.7. The number of sulfone groups is 1. The van der Waals surface area contributed by atoms with E-state index in [1.54, 1.807) is 0 Å². The molecule has 1 aromatic rings. The lowest BCUT2D eigenvalue weighted by atomic mass is 10.3. The van der Waals surface area contributed by atoms with Crippen LogP contribution in [0.5, 0.6) is 0 Å². The fourth-order valence-corrected chi connectivity index (χ4v) is 2.35. The molecule has 0 aliphatic carbocycles. The topological polar surface area (TPSA) is 51.1 Å². The molecule has 1 N–H and O–H groups in total. The van der Waals surface area contributed by atoms with Crippen molar-refractivity contribution in [1.29, 1.82) is 0 Å². The van der Waals surface area contributed by atoms with Gasteiger partial charge in [0.1, 0.15) is 9.84 Å². The van der Waals surface area contributed by atoms with Crippen LogP contribution in [0, 0.1) is 0 Å². The Morgan fingerprint density at radius 2 is 2.18 bits per heavy atom. The summed E-state index contributed by atoms with van der Waals surface area (Å²) >= 11 is 0. The van der Waals surface area contributed by atoms with Gasteiger partial charge >= 0.3 is 0 Å². The van der Waals surface area contributed by atoms with Crippen molar-refractivity contribution in [3.8, 4) is 0 Å². The molecular weight excluding hydrogens is 236 g/mol. The number of rotatable bonds is 8. The van der Waals surface area contributed by atoms with Crippen LogP contribution in [0.15, 0.2) is 18.5 Å². The van der Waals surface area contributed by atoms with Crippen LogP contribution in [0.1, 0.15) is 25.3 Å². The summed E-state index contributed by atoms with van der Waals surface area (Å²) in [5.41, 5.74) is 1.25. The maximum Gasteiger partial charge on any atom is 0.147 e. The van der Waals surface area contributed by atoms with E-state index < -0.39 is 9.84 Å². The van der Waals surface area contributed by atoms with Crippen LogP contribution in [-0.4, -0.2) is 31.5 Å². The van der Waals surface area contributed by atoms with Crippen molar-refractivity contribution in [3.63, 3.8) is 0 Å². The van der Waals surface area contributed by atoms with Gasteiger partial charge in [-0.2, -0.15) is 0 Å². The minimum Gasteiger partial charge on any atom is -0.354 e. The molecule has 0 saturated carbocycles. The Morgan fingerprint density at radius 3 is 2.82 bits per heavy atom. The highest BCUT2D eigenvalue weighted by atomic mass is 32.2. The van der Waals surface area contributed by atoms with Gasteiger partial charge in [-0.3, -0.25) is 0 Å². The minimum atomic E-state index is -2.82. The third-order valence-electron chi connectivity index (χ3n) is 2.49. The molecule has 98 valence electrons. The van der Waals surface area contributed by atoms with E-state index in [2.05, 4.69) is 35.3 Å². The predicted molar refractivity (Wildman–Crippen MR) is 70.8 cm³/mol. The fraction of sp³-hybridized carbons (Fsp3) is 0.667. The summed E-state index contributed by atoms with van der Waals surface area (Å²) in [5.74, 6) is 0.261. The van der Waals surface area contributed by atoms with E-state index in [9.17, 15) is 8.42 Å². The number of nitrogens with one attached hydrogen (secondary N) is 1. The lowest BCUT2D eigenvalue weighted by Crippen LogP contribution is -2.17. The van der Waals surface area contributed by atoms with Crippen LogP contribution >= 0.6 is 0 Å². The van der Waals surface area contributed by atoms with Crippen LogP contribution < -0.4 is 5.32 Å². The molecule has 0 spiro atoms. The van der Waals surface area contributed by atoms with E-state index in [0.717, 1.165) is 26.1 Å². The van der Waals surface area contributed by atoms with Gasteiger partial charge in [-0.25, -0.2) is 8.42 Å². The monoisotopic (exact) mass is 258 g/mol. The number of hydrogen-bond donors (Lipinski definition) is 1. The van der Waals surface area contributed by atoms with Crippen LogP contribution in [0.4, 0.5) is 0 Å². The maximum absolute atomic E-state index is 10.9. The minimum absolute atomic E-state index is 0.261. The van der Waals surface area contributed by atoms with Gasteiger partial charge in [0.05, 0.1) is 5.75 Å². The van der Waals surface area contributed by atoms with Crippen LogP contribution in [0.3, 0.4) is 0 Å². The van der Waals surface area contributed by atoms with Gasteiger partial charge in [0, 0.05) is 31.7 Å². The summed E-state index contributed by atoms with van der Waals surface area (Å²) in [5, 5.41) is 3.25. The third kappa shape index (κ3) is 6.48. The quantitative estimate of drug-likeness (QED) is 0.718. The number of aromatic nitrogens is 1. The van der Waals surface area contributed by atoms with E-state index in [-0.39, 0.29) is 5.75 Å². The summed E-state index contributed by atoms with van der Waals surface area (Å²) < 4.78 is 24.0. The summed E-state index contributed by atoms with van der Waals surface area (Å²) in [7, 11) is -2.82. The van der Waals surface area contributed by atoms with Crippen LogP contribution in [0.25, 0.3) is 0 Å². The van der Waals surface area contributed by atoms with E-state index >= 15 is 0 Å². The van der Waals surface area contributed by atoms with Crippen molar-refractivity contribution >= 4 is 9.84 Å². The van der Waals surface area contributed by atoms with Gasteiger partial charge in [-0.05, 0) is 31.0 Å². The molecule has 0 unspecified atom stereocenters. The van der Waals surface area contributed by atoms with Crippen molar-refractivity contribution in [2.45, 2.75) is 32.9 Å². The Kier molecular flexibility index (Phi) is 5.71. The molecule has 1 aromatic heterocycles. The molecule has 0 radical (unpaired) electrons. The molecule has 0 amide bonds. The Balaban J connectivity index is 2.17. The molecule has 0 saturated heterocycles. The van der Waals surface area contributed by atoms with Crippen molar-refractivity contribution in [1.82, 2.24) is 9.88 Å². The Bertz CT molecular complexity index is 423. The largest absolute Gasteiger partial charge is 0.354 e. The second-order valence-electron chi connectivity index (χ2n) is 4.42. The zero-order valence-electron chi connectivity index (χ0n) is 10.6. The highest BCUT2D eigenvalue weighted by molar-refractivity contribution is 7.90. The summed E-state index contributed by atoms with van der Waals surface area (Å²) in [6.07, 6.45) is 7.30. The molecule has 0 aliphatic rings. The number of nitrogens with zero attached hydrogens (tertiary/aromatic N) is 1. The normalized spacial score (nSPS) is 11.9. The maximum atomic E-state index is 10.9. The molecule has 0 bridgehead atoms. The Hall–Kier alpha value is -0.810. The molecule has 4 nitrogen and oxygen atoms in total. The first-order valence-electron chi connectivity index (χ1n) is 6.04. The third-order valence-corrected chi connectivity index (χ3v) is 3.52. The van der Waals surface area contributed by atoms with Crippen molar-refractivity contribution < 1.29 is 8.42 Å². The molecule has 1 rings (SSSR count). The van der Waals surface area contributed by atoms with E-state index in [1.807, 2.05) is 0 Å². The Morgan fingerprint density at radius 1 is 1.41 bits per heavy atom. The molecular formula is C12H22N2O2S. The van der Waals surface area contributed by atoms with Gasteiger partial charge in [0.25, 0.3) is 0 Å². The summed E-state index contributed by atoms with van der Waals surface area (Å²) in [6, 6.07) is 2.10. The molecule has 0 aromatic carbocycles. The second kappa shape index (κ2) is 6.81. The molecule has 0 fully saturated rings. The highest BCUT2D eigenvalue weighted by Gasteiger charge is 2.01. The van der Waals surface area contributed by atoms with Crippen molar-refractivity contribution in [3.05, 3.63) is 24.0 Å². The number of aryl methyl sites for hydroxylation is 1. The first-order chi connectivity index (χ1) is 8.01. The number of hydrogen-bond acceptors (Lipinski definition) is 3. The molecule has 0 aliphatic heterocycles. The van der Waals surface area contributed by atoms with Crippen LogP contribution in [0.2, 0.25) is 0 Å². The fourth-order valence-electron chi connectivity index (χ4n) is 1.68. The molecule has 17 heavy (non-hydrogen) atoms.